The average Bonchev–Trinajstić information content (AvgIpc) is 2.84. The first-order valence-electron chi connectivity index (χ1n) is 7.39. The molecule has 0 bridgehead atoms. The van der Waals surface area contributed by atoms with E-state index in [0.717, 1.165) is 11.2 Å². The summed E-state index contributed by atoms with van der Waals surface area (Å²) in [5.41, 5.74) is 3.80. The Labute approximate surface area is 138 Å². The molecule has 0 aliphatic rings. The molecule has 0 atom stereocenters. The van der Waals surface area contributed by atoms with Crippen molar-refractivity contribution in [1.29, 1.82) is 0 Å². The first-order valence-corrected chi connectivity index (χ1v) is 7.39. The number of pyridine rings is 1. The summed E-state index contributed by atoms with van der Waals surface area (Å²) in [4.78, 5) is 27.5. The second-order valence-electron chi connectivity index (χ2n) is 5.64. The summed E-state index contributed by atoms with van der Waals surface area (Å²) in [5, 5.41) is 13.7. The van der Waals surface area contributed by atoms with Gasteiger partial charge in [-0.15, -0.1) is 0 Å². The lowest BCUT2D eigenvalue weighted by molar-refractivity contribution is -0.385. The van der Waals surface area contributed by atoms with Crippen LogP contribution in [0.15, 0.2) is 36.5 Å². The molecule has 0 spiro atoms. The van der Waals surface area contributed by atoms with Gasteiger partial charge in [0.2, 0.25) is 0 Å². The minimum atomic E-state index is -0.446. The van der Waals surface area contributed by atoms with Crippen LogP contribution in [0.5, 0.6) is 0 Å². The highest BCUT2D eigenvalue weighted by molar-refractivity contribution is 6.04. The van der Waals surface area contributed by atoms with E-state index in [2.05, 4.69) is 10.3 Å². The van der Waals surface area contributed by atoms with Crippen molar-refractivity contribution in [2.24, 2.45) is 0 Å². The van der Waals surface area contributed by atoms with Crippen LogP contribution in [0, 0.1) is 30.9 Å². The fourth-order valence-electron chi connectivity index (χ4n) is 2.72. The lowest BCUT2D eigenvalue weighted by atomic mass is 10.2. The number of nitro benzene ring substituents is 1. The predicted octanol–water partition coefficient (Wildman–Crippen LogP) is 3.42. The number of nitro groups is 1. The van der Waals surface area contributed by atoms with Crippen LogP contribution in [-0.2, 0) is 0 Å². The van der Waals surface area contributed by atoms with E-state index in [4.69, 9.17) is 0 Å². The number of hydrogen-bond donors (Lipinski definition) is 1. The first-order chi connectivity index (χ1) is 11.4. The number of aromatic nitrogens is 2. The van der Waals surface area contributed by atoms with Gasteiger partial charge in [-0.3, -0.25) is 19.3 Å². The number of imidazole rings is 1. The molecule has 0 unspecified atom stereocenters. The number of nitrogens with zero attached hydrogens (tertiary/aromatic N) is 3. The Morgan fingerprint density at radius 2 is 1.96 bits per heavy atom. The summed E-state index contributed by atoms with van der Waals surface area (Å²) in [5.74, 6) is -0.307. The zero-order valence-electron chi connectivity index (χ0n) is 13.5. The zero-order chi connectivity index (χ0) is 17.4. The van der Waals surface area contributed by atoms with E-state index in [1.165, 1.54) is 12.1 Å². The van der Waals surface area contributed by atoms with E-state index in [1.54, 1.807) is 30.5 Å². The minimum Gasteiger partial charge on any atom is -0.321 e. The molecule has 2 aromatic heterocycles. The highest BCUT2D eigenvalue weighted by Gasteiger charge is 2.18. The minimum absolute atomic E-state index is 0.0228. The SMILES string of the molecule is Cc1cc(NC(=O)c2c(C)nc3c(C)cccn23)ccc1[N+](=O)[O-]. The molecule has 0 aliphatic heterocycles. The summed E-state index contributed by atoms with van der Waals surface area (Å²) in [6.07, 6.45) is 1.79. The number of benzene rings is 1. The van der Waals surface area contributed by atoms with E-state index in [0.29, 0.717) is 22.6 Å². The van der Waals surface area contributed by atoms with Crippen LogP contribution in [-0.4, -0.2) is 20.2 Å². The molecule has 1 aromatic carbocycles. The van der Waals surface area contributed by atoms with Gasteiger partial charge in [0.25, 0.3) is 11.6 Å². The smallest absolute Gasteiger partial charge is 0.274 e. The summed E-state index contributed by atoms with van der Waals surface area (Å²) >= 11 is 0. The molecule has 1 amide bonds. The quantitative estimate of drug-likeness (QED) is 0.590. The van der Waals surface area contributed by atoms with Gasteiger partial charge >= 0.3 is 0 Å². The van der Waals surface area contributed by atoms with Gasteiger partial charge < -0.3 is 5.32 Å². The van der Waals surface area contributed by atoms with Crippen LogP contribution in [0.3, 0.4) is 0 Å². The van der Waals surface area contributed by atoms with Crippen LogP contribution < -0.4 is 5.32 Å². The predicted molar refractivity (Wildman–Crippen MR) is 90.5 cm³/mol. The summed E-state index contributed by atoms with van der Waals surface area (Å²) in [6, 6.07) is 8.28. The van der Waals surface area contributed by atoms with Gasteiger partial charge in [0, 0.05) is 23.5 Å². The lowest BCUT2D eigenvalue weighted by Crippen LogP contribution is -2.15. The molecular formula is C17H16N4O3. The molecule has 24 heavy (non-hydrogen) atoms. The van der Waals surface area contributed by atoms with Crippen molar-refractivity contribution in [2.45, 2.75) is 20.8 Å². The highest BCUT2D eigenvalue weighted by Crippen LogP contribution is 2.23. The summed E-state index contributed by atoms with van der Waals surface area (Å²) < 4.78 is 1.75. The number of aryl methyl sites for hydroxylation is 3. The monoisotopic (exact) mass is 324 g/mol. The van der Waals surface area contributed by atoms with Gasteiger partial charge in [0.05, 0.1) is 10.6 Å². The Morgan fingerprint density at radius 1 is 1.21 bits per heavy atom. The number of amides is 1. The van der Waals surface area contributed by atoms with Crippen molar-refractivity contribution >= 4 is 22.9 Å². The van der Waals surface area contributed by atoms with Crippen molar-refractivity contribution in [3.63, 3.8) is 0 Å². The Bertz CT molecular complexity index is 975. The average molecular weight is 324 g/mol. The number of anilines is 1. The molecule has 122 valence electrons. The third kappa shape index (κ3) is 2.60. The van der Waals surface area contributed by atoms with Crippen molar-refractivity contribution in [2.75, 3.05) is 5.32 Å². The fraction of sp³-hybridized carbons (Fsp3) is 0.176. The second-order valence-corrected chi connectivity index (χ2v) is 5.64. The number of nitrogens with one attached hydrogen (secondary N) is 1. The molecule has 1 N–H and O–H groups in total. The van der Waals surface area contributed by atoms with E-state index >= 15 is 0 Å². The molecule has 7 heteroatoms. The number of hydrogen-bond acceptors (Lipinski definition) is 4. The highest BCUT2D eigenvalue weighted by atomic mass is 16.6. The number of carbonyl (C=O) groups excluding carboxylic acids is 1. The standard InChI is InChI=1S/C17H16N4O3/c1-10-5-4-8-20-15(12(3)18-16(10)20)17(22)19-13-6-7-14(21(23)24)11(2)9-13/h4-9H,1-3H3,(H,19,22). The molecule has 7 nitrogen and oxygen atoms in total. The molecule has 0 aliphatic carbocycles. The molecule has 0 saturated carbocycles. The molecule has 0 radical (unpaired) electrons. The molecule has 0 saturated heterocycles. The van der Waals surface area contributed by atoms with Crippen LogP contribution in [0.2, 0.25) is 0 Å². The van der Waals surface area contributed by atoms with Crippen LogP contribution in [0.1, 0.15) is 27.3 Å². The fourth-order valence-corrected chi connectivity index (χ4v) is 2.72. The van der Waals surface area contributed by atoms with Gasteiger partial charge in [0.15, 0.2) is 0 Å². The Balaban J connectivity index is 1.96. The number of rotatable bonds is 3. The maximum Gasteiger partial charge on any atom is 0.274 e. The van der Waals surface area contributed by atoms with Crippen LogP contribution in [0.25, 0.3) is 5.65 Å². The van der Waals surface area contributed by atoms with E-state index < -0.39 is 4.92 Å². The Hall–Kier alpha value is -3.22. The lowest BCUT2D eigenvalue weighted by Gasteiger charge is -2.07. The number of fused-ring (bicyclic) bond motifs is 1. The van der Waals surface area contributed by atoms with E-state index in [9.17, 15) is 14.9 Å². The van der Waals surface area contributed by atoms with Crippen molar-refractivity contribution in [1.82, 2.24) is 9.38 Å². The maximum absolute atomic E-state index is 12.6. The van der Waals surface area contributed by atoms with Gasteiger partial charge in [-0.05, 0) is 44.5 Å². The van der Waals surface area contributed by atoms with Gasteiger partial charge in [0.1, 0.15) is 11.3 Å². The molecule has 3 rings (SSSR count). The normalized spacial score (nSPS) is 10.8. The first kappa shape index (κ1) is 15.7. The van der Waals surface area contributed by atoms with Gasteiger partial charge in [-0.1, -0.05) is 6.07 Å². The van der Waals surface area contributed by atoms with E-state index in [1.807, 2.05) is 19.1 Å². The van der Waals surface area contributed by atoms with Gasteiger partial charge in [-0.2, -0.15) is 0 Å². The van der Waals surface area contributed by atoms with E-state index in [-0.39, 0.29) is 11.6 Å². The Morgan fingerprint density at radius 3 is 2.62 bits per heavy atom. The topological polar surface area (TPSA) is 89.5 Å². The van der Waals surface area contributed by atoms with Crippen LogP contribution in [0.4, 0.5) is 11.4 Å². The van der Waals surface area contributed by atoms with Crippen molar-refractivity contribution < 1.29 is 9.72 Å². The molecule has 2 heterocycles. The second kappa shape index (κ2) is 5.77. The Kier molecular flexibility index (Phi) is 3.76. The van der Waals surface area contributed by atoms with Gasteiger partial charge in [-0.25, -0.2) is 4.98 Å². The third-order valence-corrected chi connectivity index (χ3v) is 3.89. The molecule has 3 aromatic rings. The van der Waals surface area contributed by atoms with Crippen molar-refractivity contribution in [3.05, 3.63) is 69.2 Å². The third-order valence-electron chi connectivity index (χ3n) is 3.89. The van der Waals surface area contributed by atoms with Crippen molar-refractivity contribution in [3.8, 4) is 0 Å². The summed E-state index contributed by atoms with van der Waals surface area (Å²) in [6.45, 7) is 5.35. The molecular weight excluding hydrogens is 308 g/mol. The molecule has 0 fully saturated rings. The summed E-state index contributed by atoms with van der Waals surface area (Å²) in [7, 11) is 0. The zero-order valence-corrected chi connectivity index (χ0v) is 13.5. The van der Waals surface area contributed by atoms with Crippen LogP contribution >= 0.6 is 0 Å². The largest absolute Gasteiger partial charge is 0.321 e. The maximum atomic E-state index is 12.6. The number of carbonyl (C=O) groups is 1.